The van der Waals surface area contributed by atoms with Crippen molar-refractivity contribution in [3.05, 3.63) is 28.8 Å². The lowest BCUT2D eigenvalue weighted by atomic mass is 10.1. The Labute approximate surface area is 143 Å². The molecule has 6 heteroatoms. The van der Waals surface area contributed by atoms with Crippen LogP contribution in [-0.2, 0) is 4.79 Å². The summed E-state index contributed by atoms with van der Waals surface area (Å²) in [4.78, 5) is 16.0. The number of aryl methyl sites for hydroxylation is 1. The van der Waals surface area contributed by atoms with Crippen molar-refractivity contribution < 1.29 is 9.90 Å². The van der Waals surface area contributed by atoms with Gasteiger partial charge in [0.05, 0.1) is 24.6 Å². The fraction of sp³-hybridized carbons (Fsp3) is 0.529. The number of aliphatic hydroxyl groups is 1. The molecule has 0 atom stereocenters. The topological polar surface area (TPSA) is 67.6 Å². The summed E-state index contributed by atoms with van der Waals surface area (Å²) in [5.74, 6) is -0.117. The summed E-state index contributed by atoms with van der Waals surface area (Å²) >= 11 is 6.03. The van der Waals surface area contributed by atoms with Crippen LogP contribution in [0.4, 0.5) is 5.69 Å². The summed E-state index contributed by atoms with van der Waals surface area (Å²) < 4.78 is 0. The molecule has 0 spiro atoms. The highest BCUT2D eigenvalue weighted by Gasteiger charge is 2.21. The minimum Gasteiger partial charge on any atom is -0.389 e. The Morgan fingerprint density at radius 2 is 2.09 bits per heavy atom. The fourth-order valence-corrected chi connectivity index (χ4v) is 2.51. The highest BCUT2D eigenvalue weighted by molar-refractivity contribution is 6.31. The van der Waals surface area contributed by atoms with Crippen LogP contribution in [0.5, 0.6) is 0 Å². The predicted molar refractivity (Wildman–Crippen MR) is 92.6 cm³/mol. The van der Waals surface area contributed by atoms with E-state index < -0.39 is 5.60 Å². The molecule has 1 aromatic rings. The first-order chi connectivity index (χ1) is 10.6. The molecule has 0 bridgehead atoms. The Kier molecular flexibility index (Phi) is 7.01. The normalized spacial score (nSPS) is 11.4. The van der Waals surface area contributed by atoms with Gasteiger partial charge < -0.3 is 10.0 Å². The molecule has 1 amide bonds. The zero-order chi connectivity index (χ0) is 17.6. The number of nitrogens with zero attached hydrogens (tertiary/aromatic N) is 3. The van der Waals surface area contributed by atoms with Crippen LogP contribution >= 0.6 is 11.6 Å². The van der Waals surface area contributed by atoms with E-state index in [9.17, 15) is 9.90 Å². The molecule has 0 saturated heterocycles. The number of rotatable bonds is 7. The quantitative estimate of drug-likeness (QED) is 0.830. The molecular weight excluding hydrogens is 314 g/mol. The molecule has 0 aliphatic carbocycles. The van der Waals surface area contributed by atoms with Crippen molar-refractivity contribution in [2.24, 2.45) is 0 Å². The van der Waals surface area contributed by atoms with Gasteiger partial charge in [-0.05, 0) is 51.6 Å². The van der Waals surface area contributed by atoms with Crippen molar-refractivity contribution >= 4 is 23.2 Å². The molecule has 0 fully saturated rings. The summed E-state index contributed by atoms with van der Waals surface area (Å²) in [6.45, 7) is 6.14. The van der Waals surface area contributed by atoms with Gasteiger partial charge in [0.25, 0.3) is 0 Å². The summed E-state index contributed by atoms with van der Waals surface area (Å²) in [6, 6.07) is 7.44. The van der Waals surface area contributed by atoms with E-state index in [1.54, 1.807) is 42.8 Å². The first kappa shape index (κ1) is 19.4. The van der Waals surface area contributed by atoms with E-state index in [1.807, 2.05) is 13.0 Å². The maximum atomic E-state index is 12.6. The van der Waals surface area contributed by atoms with Gasteiger partial charge in [0.1, 0.15) is 0 Å². The zero-order valence-electron chi connectivity index (χ0n) is 14.1. The number of nitriles is 1. The molecule has 1 N–H and O–H groups in total. The lowest BCUT2D eigenvalue weighted by molar-refractivity contribution is -0.119. The number of hydrogen-bond donors (Lipinski definition) is 1. The number of halogens is 1. The standard InChI is InChI=1S/C17H24ClN3O2/c1-13-10-14(6-7-15(13)18)21(9-5-8-19)16(22)11-20(4)12-17(2,3)23/h6-7,10,23H,5,9,11-12H2,1-4H3. The Balaban J connectivity index is 2.90. The molecule has 0 aromatic heterocycles. The molecule has 0 aliphatic heterocycles. The van der Waals surface area contributed by atoms with Crippen LogP contribution in [0.2, 0.25) is 5.02 Å². The van der Waals surface area contributed by atoms with E-state index in [-0.39, 0.29) is 18.9 Å². The van der Waals surface area contributed by atoms with Crippen LogP contribution in [0.15, 0.2) is 18.2 Å². The number of likely N-dealkylation sites (N-methyl/N-ethyl adjacent to an activating group) is 1. The van der Waals surface area contributed by atoms with Gasteiger partial charge in [0.15, 0.2) is 0 Å². The SMILES string of the molecule is Cc1cc(N(CCC#N)C(=O)CN(C)CC(C)(C)O)ccc1Cl. The predicted octanol–water partition coefficient (Wildman–Crippen LogP) is 2.60. The number of carbonyl (C=O) groups excluding carboxylic acids is 1. The van der Waals surface area contributed by atoms with E-state index >= 15 is 0 Å². The first-order valence-corrected chi connectivity index (χ1v) is 7.86. The van der Waals surface area contributed by atoms with Gasteiger partial charge in [-0.1, -0.05) is 11.6 Å². The van der Waals surface area contributed by atoms with Crippen LogP contribution in [0.3, 0.4) is 0 Å². The molecule has 1 aromatic carbocycles. The first-order valence-electron chi connectivity index (χ1n) is 7.48. The highest BCUT2D eigenvalue weighted by Crippen LogP contribution is 2.23. The summed E-state index contributed by atoms with van der Waals surface area (Å²) in [5.41, 5.74) is 0.733. The molecule has 0 unspecified atom stereocenters. The van der Waals surface area contributed by atoms with E-state index in [4.69, 9.17) is 16.9 Å². The van der Waals surface area contributed by atoms with Gasteiger partial charge in [-0.3, -0.25) is 9.69 Å². The van der Waals surface area contributed by atoms with Crippen LogP contribution in [0.1, 0.15) is 25.8 Å². The number of hydrogen-bond acceptors (Lipinski definition) is 4. The van der Waals surface area contributed by atoms with Crippen LogP contribution in [-0.4, -0.2) is 48.2 Å². The van der Waals surface area contributed by atoms with Crippen LogP contribution < -0.4 is 4.90 Å². The van der Waals surface area contributed by atoms with Gasteiger partial charge in [0.2, 0.25) is 5.91 Å². The fourth-order valence-electron chi connectivity index (χ4n) is 2.39. The molecule has 0 saturated carbocycles. The third-order valence-corrected chi connectivity index (χ3v) is 3.69. The Bertz CT molecular complexity index is 590. The zero-order valence-corrected chi connectivity index (χ0v) is 14.9. The lowest BCUT2D eigenvalue weighted by Crippen LogP contribution is -2.44. The maximum Gasteiger partial charge on any atom is 0.241 e. The number of benzene rings is 1. The molecule has 23 heavy (non-hydrogen) atoms. The minimum atomic E-state index is -0.872. The summed E-state index contributed by atoms with van der Waals surface area (Å²) in [5, 5.41) is 19.3. The van der Waals surface area contributed by atoms with E-state index in [1.165, 1.54) is 0 Å². The Morgan fingerprint density at radius 1 is 1.43 bits per heavy atom. The molecule has 5 nitrogen and oxygen atoms in total. The van der Waals surface area contributed by atoms with Crippen molar-refractivity contribution in [2.75, 3.05) is 31.6 Å². The van der Waals surface area contributed by atoms with Crippen molar-refractivity contribution in [2.45, 2.75) is 32.8 Å². The molecular formula is C17H24ClN3O2. The lowest BCUT2D eigenvalue weighted by Gasteiger charge is -2.28. The second-order valence-electron chi connectivity index (χ2n) is 6.37. The average molecular weight is 338 g/mol. The average Bonchev–Trinajstić information content (AvgIpc) is 2.40. The van der Waals surface area contributed by atoms with Crippen molar-refractivity contribution in [3.63, 3.8) is 0 Å². The number of anilines is 1. The number of amides is 1. The largest absolute Gasteiger partial charge is 0.389 e. The van der Waals surface area contributed by atoms with Gasteiger partial charge in [0, 0.05) is 23.8 Å². The monoisotopic (exact) mass is 337 g/mol. The van der Waals surface area contributed by atoms with Gasteiger partial charge in [-0.15, -0.1) is 0 Å². The molecule has 0 heterocycles. The second kappa shape index (κ2) is 8.30. The van der Waals surface area contributed by atoms with Crippen molar-refractivity contribution in [1.82, 2.24) is 4.90 Å². The Morgan fingerprint density at radius 3 is 2.61 bits per heavy atom. The van der Waals surface area contributed by atoms with Crippen LogP contribution in [0.25, 0.3) is 0 Å². The van der Waals surface area contributed by atoms with Gasteiger partial charge in [-0.25, -0.2) is 0 Å². The third-order valence-electron chi connectivity index (χ3n) is 3.26. The van der Waals surface area contributed by atoms with Gasteiger partial charge >= 0.3 is 0 Å². The van der Waals surface area contributed by atoms with E-state index in [2.05, 4.69) is 6.07 Å². The van der Waals surface area contributed by atoms with Crippen molar-refractivity contribution in [3.8, 4) is 6.07 Å². The molecule has 1 rings (SSSR count). The van der Waals surface area contributed by atoms with Gasteiger partial charge in [-0.2, -0.15) is 5.26 Å². The summed E-state index contributed by atoms with van der Waals surface area (Å²) in [7, 11) is 1.78. The minimum absolute atomic E-state index is 0.117. The Hall–Kier alpha value is -1.61. The smallest absolute Gasteiger partial charge is 0.241 e. The highest BCUT2D eigenvalue weighted by atomic mass is 35.5. The molecule has 126 valence electrons. The van der Waals surface area contributed by atoms with E-state index in [0.29, 0.717) is 18.1 Å². The third kappa shape index (κ3) is 6.57. The summed E-state index contributed by atoms with van der Waals surface area (Å²) in [6.07, 6.45) is 0.253. The molecule has 0 aliphatic rings. The maximum absolute atomic E-state index is 12.6. The second-order valence-corrected chi connectivity index (χ2v) is 6.78. The van der Waals surface area contributed by atoms with E-state index in [0.717, 1.165) is 11.3 Å². The number of carbonyl (C=O) groups is 1. The van der Waals surface area contributed by atoms with Crippen molar-refractivity contribution in [1.29, 1.82) is 5.26 Å². The van der Waals surface area contributed by atoms with Crippen LogP contribution in [0, 0.1) is 18.3 Å². The molecule has 0 radical (unpaired) electrons.